The number of hydrogen-bond donors (Lipinski definition) is 1. The number of nitrogens with zero attached hydrogens (tertiary/aromatic N) is 1. The van der Waals surface area contributed by atoms with Crippen LogP contribution >= 0.6 is 31.9 Å². The van der Waals surface area contributed by atoms with Crippen molar-refractivity contribution in [3.63, 3.8) is 0 Å². The third-order valence-electron chi connectivity index (χ3n) is 3.50. The van der Waals surface area contributed by atoms with Crippen LogP contribution in [0.3, 0.4) is 0 Å². The Morgan fingerprint density at radius 2 is 2.04 bits per heavy atom. The second-order valence-electron chi connectivity index (χ2n) is 5.52. The summed E-state index contributed by atoms with van der Waals surface area (Å²) in [4.78, 5) is 11.8. The van der Waals surface area contributed by atoms with Crippen molar-refractivity contribution in [3.8, 4) is 5.75 Å². The van der Waals surface area contributed by atoms with Gasteiger partial charge in [-0.05, 0) is 64.7 Å². The van der Waals surface area contributed by atoms with Crippen molar-refractivity contribution >= 4 is 54.3 Å². The van der Waals surface area contributed by atoms with Gasteiger partial charge in [-0.3, -0.25) is 4.79 Å². The number of fused-ring (bicyclic) bond motifs is 1. The molecule has 0 radical (unpaired) electrons. The van der Waals surface area contributed by atoms with E-state index in [4.69, 9.17) is 4.74 Å². The Labute approximate surface area is 158 Å². The van der Waals surface area contributed by atoms with Crippen molar-refractivity contribution in [3.05, 3.63) is 39.3 Å². The second-order valence-corrected chi connectivity index (χ2v) is 7.23. The molecule has 0 aliphatic heterocycles. The minimum absolute atomic E-state index is 0.0782. The molecule has 2 rings (SSSR count). The largest absolute Gasteiger partial charge is 0.483 e. The fourth-order valence-electron chi connectivity index (χ4n) is 2.18. The molecule has 0 spiro atoms. The predicted octanol–water partition coefficient (Wildman–Crippen LogP) is 5.43. The number of amides is 1. The highest BCUT2D eigenvalue weighted by atomic mass is 79.9. The van der Waals surface area contributed by atoms with Crippen molar-refractivity contribution in [1.29, 1.82) is 0 Å². The molecule has 0 aliphatic carbocycles. The average molecular weight is 456 g/mol. The number of halogens is 2. The van der Waals surface area contributed by atoms with E-state index in [1.165, 1.54) is 0 Å². The molecule has 0 atom stereocenters. The third-order valence-corrected chi connectivity index (χ3v) is 4.81. The second kappa shape index (κ2) is 9.18. The summed E-state index contributed by atoms with van der Waals surface area (Å²) in [5.74, 6) is 0.361. The summed E-state index contributed by atoms with van der Waals surface area (Å²) in [6.07, 6.45) is 3.07. The lowest BCUT2D eigenvalue weighted by Gasteiger charge is -2.10. The Hall–Kier alpha value is -1.40. The van der Waals surface area contributed by atoms with Crippen LogP contribution in [0.5, 0.6) is 5.75 Å². The molecule has 0 saturated carbocycles. The molecule has 128 valence electrons. The van der Waals surface area contributed by atoms with E-state index in [-0.39, 0.29) is 12.5 Å². The smallest absolute Gasteiger partial charge is 0.277 e. The predicted molar refractivity (Wildman–Crippen MR) is 106 cm³/mol. The zero-order chi connectivity index (χ0) is 17.5. The molecule has 0 saturated heterocycles. The van der Waals surface area contributed by atoms with Gasteiger partial charge in [0.25, 0.3) is 5.91 Å². The summed E-state index contributed by atoms with van der Waals surface area (Å²) in [7, 11) is 0. The minimum atomic E-state index is -0.270. The Morgan fingerprint density at radius 1 is 1.25 bits per heavy atom. The van der Waals surface area contributed by atoms with Crippen LogP contribution < -0.4 is 10.2 Å². The van der Waals surface area contributed by atoms with E-state index >= 15 is 0 Å². The Kier molecular flexibility index (Phi) is 7.24. The van der Waals surface area contributed by atoms with E-state index in [9.17, 15) is 4.79 Å². The van der Waals surface area contributed by atoms with Crippen LogP contribution in [0.1, 0.15) is 33.1 Å². The molecule has 6 heteroatoms. The zero-order valence-corrected chi connectivity index (χ0v) is 16.9. The number of benzene rings is 2. The van der Waals surface area contributed by atoms with Gasteiger partial charge in [0, 0.05) is 10.2 Å². The molecule has 0 bridgehead atoms. The topological polar surface area (TPSA) is 50.7 Å². The fourth-order valence-corrected chi connectivity index (χ4v) is 3.16. The summed E-state index contributed by atoms with van der Waals surface area (Å²) < 4.78 is 7.47. The lowest BCUT2D eigenvalue weighted by atomic mass is 10.1. The van der Waals surface area contributed by atoms with Gasteiger partial charge in [-0.2, -0.15) is 5.10 Å². The van der Waals surface area contributed by atoms with Crippen LogP contribution in [-0.4, -0.2) is 18.2 Å². The molecule has 2 aromatic carbocycles. The summed E-state index contributed by atoms with van der Waals surface area (Å²) in [6, 6.07) is 9.81. The first-order valence-corrected chi connectivity index (χ1v) is 9.42. The van der Waals surface area contributed by atoms with Gasteiger partial charge in [0.2, 0.25) is 0 Å². The number of hydrogen-bond acceptors (Lipinski definition) is 3. The van der Waals surface area contributed by atoms with E-state index in [1.54, 1.807) is 0 Å². The molecule has 1 N–H and O–H groups in total. The van der Waals surface area contributed by atoms with Gasteiger partial charge in [-0.1, -0.05) is 41.4 Å². The number of hydrazone groups is 1. The van der Waals surface area contributed by atoms with E-state index < -0.39 is 0 Å². The molecular formula is C18H20Br2N2O2. The number of nitrogens with one attached hydrogen (secondary N) is 1. The van der Waals surface area contributed by atoms with E-state index in [0.29, 0.717) is 5.75 Å². The van der Waals surface area contributed by atoms with Gasteiger partial charge >= 0.3 is 0 Å². The van der Waals surface area contributed by atoms with Crippen molar-refractivity contribution in [2.45, 2.75) is 33.1 Å². The highest BCUT2D eigenvalue weighted by molar-refractivity contribution is 9.11. The molecule has 0 heterocycles. The molecule has 4 nitrogen and oxygen atoms in total. The quantitative estimate of drug-likeness (QED) is 0.447. The van der Waals surface area contributed by atoms with Crippen molar-refractivity contribution in [1.82, 2.24) is 5.43 Å². The summed E-state index contributed by atoms with van der Waals surface area (Å²) in [6.45, 7) is 3.96. The summed E-state index contributed by atoms with van der Waals surface area (Å²) >= 11 is 7.01. The minimum Gasteiger partial charge on any atom is -0.483 e. The Bertz CT molecular complexity index is 760. The number of carbonyl (C=O) groups is 1. The maximum atomic E-state index is 11.8. The maximum Gasteiger partial charge on any atom is 0.277 e. The molecular weight excluding hydrogens is 436 g/mol. The van der Waals surface area contributed by atoms with Crippen LogP contribution in [0.4, 0.5) is 0 Å². The van der Waals surface area contributed by atoms with Crippen LogP contribution in [0, 0.1) is 0 Å². The lowest BCUT2D eigenvalue weighted by molar-refractivity contribution is -0.123. The van der Waals surface area contributed by atoms with Crippen LogP contribution in [0.25, 0.3) is 10.8 Å². The molecule has 0 aromatic heterocycles. The summed E-state index contributed by atoms with van der Waals surface area (Å²) in [5, 5.41) is 6.20. The van der Waals surface area contributed by atoms with Gasteiger partial charge in [0.1, 0.15) is 5.75 Å². The first-order chi connectivity index (χ1) is 11.5. The molecule has 0 unspecified atom stereocenters. The number of carbonyl (C=O) groups excluding carboxylic acids is 1. The summed E-state index contributed by atoms with van der Waals surface area (Å²) in [5.41, 5.74) is 3.45. The van der Waals surface area contributed by atoms with Crippen molar-refractivity contribution in [2.75, 3.05) is 6.61 Å². The van der Waals surface area contributed by atoms with E-state index in [2.05, 4.69) is 49.3 Å². The number of ether oxygens (including phenoxy) is 1. The zero-order valence-electron chi connectivity index (χ0n) is 13.7. The van der Waals surface area contributed by atoms with Crippen LogP contribution in [0.2, 0.25) is 0 Å². The van der Waals surface area contributed by atoms with Gasteiger partial charge in [0.15, 0.2) is 6.61 Å². The fraction of sp³-hybridized carbons (Fsp3) is 0.333. The average Bonchev–Trinajstić information content (AvgIpc) is 2.57. The first kappa shape index (κ1) is 18.9. The number of unbranched alkanes of at least 4 members (excludes halogenated alkanes) is 1. The monoisotopic (exact) mass is 454 g/mol. The molecule has 1 amide bonds. The SMILES string of the molecule is CCCC/C(C)=N/NC(=O)COc1ccc2cc(Br)ccc2c1Br. The standard InChI is InChI=1S/C18H20Br2N2O2/c1-3-4-5-12(2)21-22-17(23)11-24-16-9-6-13-10-14(19)7-8-15(13)18(16)20/h6-10H,3-5,11H2,1-2H3,(H,22,23)/b21-12+. The highest BCUT2D eigenvalue weighted by Crippen LogP contribution is 2.34. The molecule has 2 aromatic rings. The highest BCUT2D eigenvalue weighted by Gasteiger charge is 2.09. The van der Waals surface area contributed by atoms with E-state index in [1.807, 2.05) is 37.3 Å². The number of rotatable bonds is 7. The van der Waals surface area contributed by atoms with Gasteiger partial charge in [-0.25, -0.2) is 5.43 Å². The third kappa shape index (κ3) is 5.31. The van der Waals surface area contributed by atoms with Gasteiger partial charge < -0.3 is 4.74 Å². The normalized spacial score (nSPS) is 11.6. The first-order valence-electron chi connectivity index (χ1n) is 7.84. The Balaban J connectivity index is 1.97. The lowest BCUT2D eigenvalue weighted by Crippen LogP contribution is -2.25. The van der Waals surface area contributed by atoms with Crippen LogP contribution in [-0.2, 0) is 4.79 Å². The van der Waals surface area contributed by atoms with Crippen LogP contribution in [0.15, 0.2) is 44.4 Å². The van der Waals surface area contributed by atoms with Gasteiger partial charge in [0.05, 0.1) is 4.47 Å². The van der Waals surface area contributed by atoms with Crippen molar-refractivity contribution < 1.29 is 9.53 Å². The van der Waals surface area contributed by atoms with E-state index in [0.717, 1.165) is 44.7 Å². The maximum absolute atomic E-state index is 11.8. The molecule has 0 fully saturated rings. The van der Waals surface area contributed by atoms with Gasteiger partial charge in [-0.15, -0.1) is 0 Å². The molecule has 0 aliphatic rings. The molecule has 24 heavy (non-hydrogen) atoms. The Morgan fingerprint density at radius 3 is 2.79 bits per heavy atom. The van der Waals surface area contributed by atoms with Crippen molar-refractivity contribution in [2.24, 2.45) is 5.10 Å².